The van der Waals surface area contributed by atoms with Crippen molar-refractivity contribution < 1.29 is 54.8 Å². The number of nitrogens with one attached hydrogen (secondary N) is 1. The van der Waals surface area contributed by atoms with Crippen LogP contribution in [-0.4, -0.2) is 115 Å². The Balaban J connectivity index is 1.41. The molecule has 1 aliphatic carbocycles. The Morgan fingerprint density at radius 3 is 2.24 bits per heavy atom. The maximum atomic E-state index is 12.5. The fraction of sp³-hybridized carbons (Fsp3) is 0.571. The largest absolute Gasteiger partial charge is 0.456 e. The van der Waals surface area contributed by atoms with E-state index in [0.717, 1.165) is 10.9 Å². The van der Waals surface area contributed by atoms with Crippen LogP contribution in [0.25, 0.3) is 10.9 Å². The van der Waals surface area contributed by atoms with Crippen LogP contribution in [0.5, 0.6) is 0 Å². The number of rotatable bonds is 5. The summed E-state index contributed by atoms with van der Waals surface area (Å²) >= 11 is 0. The lowest BCUT2D eigenvalue weighted by Gasteiger charge is -2.45. The molecular formula is C21H27NO11. The molecule has 8 N–H and O–H groups in total. The zero-order valence-corrected chi connectivity index (χ0v) is 17.3. The van der Waals surface area contributed by atoms with E-state index in [0.29, 0.717) is 5.56 Å². The van der Waals surface area contributed by atoms with Crippen molar-refractivity contribution in [1.82, 2.24) is 4.98 Å². The van der Waals surface area contributed by atoms with Gasteiger partial charge in [0.25, 0.3) is 0 Å². The number of carbonyl (C=O) groups is 1. The number of carbonyl (C=O) groups excluding carboxylic acids is 1. The molecule has 1 aromatic carbocycles. The second-order valence-electron chi connectivity index (χ2n) is 8.30. The summed E-state index contributed by atoms with van der Waals surface area (Å²) < 4.78 is 15.6. The first kappa shape index (κ1) is 24.0. The van der Waals surface area contributed by atoms with Crippen LogP contribution in [0.3, 0.4) is 0 Å². The molecule has 182 valence electrons. The highest BCUT2D eigenvalue weighted by atomic mass is 16.7. The van der Waals surface area contributed by atoms with Gasteiger partial charge in [0.15, 0.2) is 12.4 Å². The van der Waals surface area contributed by atoms with Gasteiger partial charge in [-0.15, -0.1) is 0 Å². The minimum atomic E-state index is -1.84. The molecule has 2 fully saturated rings. The number of para-hydroxylation sites is 1. The second kappa shape index (κ2) is 9.62. The average Bonchev–Trinajstić information content (AvgIpc) is 3.21. The average molecular weight is 469 g/mol. The first-order chi connectivity index (χ1) is 15.7. The van der Waals surface area contributed by atoms with Gasteiger partial charge in [-0.25, -0.2) is 0 Å². The van der Waals surface area contributed by atoms with Crippen LogP contribution < -0.4 is 0 Å². The number of hydrogen-bond donors (Lipinski definition) is 8. The molecule has 2 aromatic rings. The van der Waals surface area contributed by atoms with Gasteiger partial charge in [0.2, 0.25) is 0 Å². The molecule has 4 rings (SSSR count). The van der Waals surface area contributed by atoms with Crippen LogP contribution in [0.1, 0.15) is 5.56 Å². The highest BCUT2D eigenvalue weighted by molar-refractivity contribution is 5.87. The Morgan fingerprint density at radius 2 is 1.55 bits per heavy atom. The van der Waals surface area contributed by atoms with Gasteiger partial charge in [-0.1, -0.05) is 18.2 Å². The SMILES string of the molecule is O=C(Cc1c[nH]c2ccccc12)OC1C(O)C(O)C(OC2OCC(O)C(O)C2O)C(O)C1O. The second-order valence-corrected chi connectivity index (χ2v) is 8.30. The standard InChI is InChI=1S/C21H27NO11/c23-11-7-31-21(18(30)13(11)25)33-20-16(28)14(26)19(15(27)17(20)29)32-12(24)5-8-6-22-10-4-2-1-3-9(8)10/h1-4,6,11,13-23,25-30H,5,7H2. The topological polar surface area (TPSA) is 202 Å². The summed E-state index contributed by atoms with van der Waals surface area (Å²) in [6.45, 7) is -0.388. The molecule has 0 spiro atoms. The van der Waals surface area contributed by atoms with E-state index in [4.69, 9.17) is 14.2 Å². The summed E-state index contributed by atoms with van der Waals surface area (Å²) in [7, 11) is 0. The number of ether oxygens (including phenoxy) is 3. The maximum Gasteiger partial charge on any atom is 0.310 e. The van der Waals surface area contributed by atoms with Crippen LogP contribution in [0.4, 0.5) is 0 Å². The summed E-state index contributed by atoms with van der Waals surface area (Å²) in [6, 6.07) is 7.28. The van der Waals surface area contributed by atoms with Crippen molar-refractivity contribution in [2.24, 2.45) is 0 Å². The number of fused-ring (bicyclic) bond motifs is 1. The van der Waals surface area contributed by atoms with Crippen molar-refractivity contribution in [2.75, 3.05) is 6.61 Å². The normalized spacial score (nSPS) is 39.5. The van der Waals surface area contributed by atoms with Crippen LogP contribution in [0.2, 0.25) is 0 Å². The lowest BCUT2D eigenvalue weighted by atomic mass is 9.84. The molecule has 12 heteroatoms. The molecule has 0 amide bonds. The van der Waals surface area contributed by atoms with Crippen LogP contribution >= 0.6 is 0 Å². The summed E-state index contributed by atoms with van der Waals surface area (Å²) in [5, 5.41) is 71.9. The predicted molar refractivity (Wildman–Crippen MR) is 109 cm³/mol. The minimum Gasteiger partial charge on any atom is -0.456 e. The number of aromatic amines is 1. The van der Waals surface area contributed by atoms with Gasteiger partial charge >= 0.3 is 5.97 Å². The zero-order chi connectivity index (χ0) is 23.9. The fourth-order valence-corrected chi connectivity index (χ4v) is 4.16. The fourth-order valence-electron chi connectivity index (χ4n) is 4.16. The number of aromatic nitrogens is 1. The van der Waals surface area contributed by atoms with Crippen molar-refractivity contribution in [3.05, 3.63) is 36.0 Å². The Kier molecular flexibility index (Phi) is 7.00. The van der Waals surface area contributed by atoms with Crippen molar-refractivity contribution in [2.45, 2.75) is 67.6 Å². The van der Waals surface area contributed by atoms with E-state index >= 15 is 0 Å². The maximum absolute atomic E-state index is 12.5. The number of benzene rings is 1. The predicted octanol–water partition coefficient (Wildman–Crippen LogP) is -3.10. The number of hydrogen-bond acceptors (Lipinski definition) is 11. The number of H-pyrrole nitrogens is 1. The summed E-state index contributed by atoms with van der Waals surface area (Å²) in [6.07, 6.45) is -15.4. The van der Waals surface area contributed by atoms with E-state index in [-0.39, 0.29) is 13.0 Å². The molecule has 8 atom stereocenters. The van der Waals surface area contributed by atoms with Crippen LogP contribution in [0.15, 0.2) is 30.5 Å². The van der Waals surface area contributed by atoms with Gasteiger partial charge in [0.05, 0.1) is 13.0 Å². The Labute approximate surface area is 187 Å². The van der Waals surface area contributed by atoms with Crippen molar-refractivity contribution >= 4 is 16.9 Å². The number of esters is 1. The molecule has 8 unspecified atom stereocenters. The van der Waals surface area contributed by atoms with E-state index < -0.39 is 67.2 Å². The van der Waals surface area contributed by atoms with Crippen molar-refractivity contribution in [3.63, 3.8) is 0 Å². The number of aliphatic hydroxyl groups is 7. The van der Waals surface area contributed by atoms with Crippen LogP contribution in [0, 0.1) is 0 Å². The quantitative estimate of drug-likeness (QED) is 0.206. The lowest BCUT2D eigenvalue weighted by molar-refractivity contribution is -0.321. The van der Waals surface area contributed by atoms with E-state index in [1.165, 1.54) is 0 Å². The van der Waals surface area contributed by atoms with Gasteiger partial charge in [0, 0.05) is 17.1 Å². The lowest BCUT2D eigenvalue weighted by Crippen LogP contribution is -2.67. The van der Waals surface area contributed by atoms with E-state index in [1.807, 2.05) is 18.2 Å². The first-order valence-electron chi connectivity index (χ1n) is 10.5. The molecule has 2 aliphatic rings. The first-order valence-corrected chi connectivity index (χ1v) is 10.5. The zero-order valence-electron chi connectivity index (χ0n) is 17.3. The monoisotopic (exact) mass is 469 g/mol. The minimum absolute atomic E-state index is 0.186. The number of aliphatic hydroxyl groups excluding tert-OH is 7. The molecule has 1 aliphatic heterocycles. The Bertz CT molecular complexity index is 951. The van der Waals surface area contributed by atoms with Gasteiger partial charge in [-0.2, -0.15) is 0 Å². The summed E-state index contributed by atoms with van der Waals surface area (Å²) in [4.78, 5) is 15.5. The molecule has 0 bridgehead atoms. The molecule has 1 saturated heterocycles. The molecule has 2 heterocycles. The third-order valence-corrected chi connectivity index (χ3v) is 6.07. The molecule has 33 heavy (non-hydrogen) atoms. The molecule has 0 radical (unpaired) electrons. The van der Waals surface area contributed by atoms with E-state index in [2.05, 4.69) is 4.98 Å². The van der Waals surface area contributed by atoms with Gasteiger partial charge < -0.3 is 54.9 Å². The molecule has 1 aromatic heterocycles. The van der Waals surface area contributed by atoms with Crippen molar-refractivity contribution in [3.8, 4) is 0 Å². The smallest absolute Gasteiger partial charge is 0.310 e. The molecular weight excluding hydrogens is 442 g/mol. The molecule has 12 nitrogen and oxygen atoms in total. The van der Waals surface area contributed by atoms with E-state index in [9.17, 15) is 40.5 Å². The van der Waals surface area contributed by atoms with E-state index in [1.54, 1.807) is 12.3 Å². The molecule has 1 saturated carbocycles. The highest BCUT2D eigenvalue weighted by Crippen LogP contribution is 2.29. The Morgan fingerprint density at radius 1 is 0.909 bits per heavy atom. The summed E-state index contributed by atoms with van der Waals surface area (Å²) in [5.41, 5.74) is 1.44. The van der Waals surface area contributed by atoms with Crippen LogP contribution in [-0.2, 0) is 25.4 Å². The van der Waals surface area contributed by atoms with Gasteiger partial charge in [-0.05, 0) is 11.6 Å². The third kappa shape index (κ3) is 4.62. The third-order valence-electron chi connectivity index (χ3n) is 6.07. The highest BCUT2D eigenvalue weighted by Gasteiger charge is 2.53. The summed E-state index contributed by atoms with van der Waals surface area (Å²) in [5.74, 6) is -0.801. The van der Waals surface area contributed by atoms with Crippen molar-refractivity contribution in [1.29, 1.82) is 0 Å². The van der Waals surface area contributed by atoms with Gasteiger partial charge in [0.1, 0.15) is 48.8 Å². The Hall–Kier alpha value is -2.13. The van der Waals surface area contributed by atoms with Gasteiger partial charge in [-0.3, -0.25) is 4.79 Å².